The molecule has 0 aliphatic heterocycles. The summed E-state index contributed by atoms with van der Waals surface area (Å²) < 4.78 is 34.7. The van der Waals surface area contributed by atoms with E-state index in [1.54, 1.807) is 55.4 Å². The SMILES string of the molecule is C/C(=C\[C@H](C(C)C)N(C)C(=O)[C@@H](NC(=O)[C@@H](N(C)C(=O)OC(C)(C)C)C(C)(C)c1ccccc1)C(C)(C)C)C(=O)NS(=O)(=O)c1ccc(NC(=O)[C@H](CCCNC(N)=O)NC(=O)[C@@H](N)C(C)C)cc1. The maximum Gasteiger partial charge on any atom is 0.410 e. The minimum Gasteiger partial charge on any atom is -0.444 e. The number of rotatable bonds is 21. The van der Waals surface area contributed by atoms with Gasteiger partial charge >= 0.3 is 12.1 Å². The second-order valence-electron chi connectivity index (χ2n) is 20.6. The lowest BCUT2D eigenvalue weighted by Crippen LogP contribution is -2.63. The number of ether oxygens (including phenoxy) is 1. The number of nitrogens with one attached hydrogen (secondary N) is 5. The van der Waals surface area contributed by atoms with Gasteiger partial charge in [0.1, 0.15) is 23.7 Å². The van der Waals surface area contributed by atoms with Gasteiger partial charge in [-0.25, -0.2) is 22.7 Å². The highest BCUT2D eigenvalue weighted by atomic mass is 32.2. The monoisotopic (exact) mass is 984 g/mol. The van der Waals surface area contributed by atoms with E-state index in [9.17, 15) is 42.0 Å². The van der Waals surface area contributed by atoms with Gasteiger partial charge in [0.05, 0.1) is 17.0 Å². The summed E-state index contributed by atoms with van der Waals surface area (Å²) in [6.45, 7) is 22.9. The third-order valence-corrected chi connectivity index (χ3v) is 12.8. The molecule has 2 aromatic rings. The predicted octanol–water partition coefficient (Wildman–Crippen LogP) is 4.52. The number of hydrogen-bond acceptors (Lipinski definition) is 11. The first-order valence-electron chi connectivity index (χ1n) is 23.0. The molecule has 0 saturated carbocycles. The van der Waals surface area contributed by atoms with Crippen LogP contribution in [0.25, 0.3) is 0 Å². The van der Waals surface area contributed by atoms with Gasteiger partial charge in [0.25, 0.3) is 15.9 Å². The molecule has 384 valence electrons. The zero-order chi connectivity index (χ0) is 53.0. The zero-order valence-corrected chi connectivity index (χ0v) is 43.8. The summed E-state index contributed by atoms with van der Waals surface area (Å²) in [5, 5.41) is 10.7. The van der Waals surface area contributed by atoms with Crippen LogP contribution in [-0.2, 0) is 44.1 Å². The molecule has 0 saturated heterocycles. The highest BCUT2D eigenvalue weighted by Gasteiger charge is 2.46. The van der Waals surface area contributed by atoms with E-state index in [1.165, 1.54) is 61.2 Å². The van der Waals surface area contributed by atoms with Crippen LogP contribution >= 0.6 is 0 Å². The summed E-state index contributed by atoms with van der Waals surface area (Å²) >= 11 is 0. The van der Waals surface area contributed by atoms with E-state index in [0.717, 1.165) is 5.56 Å². The highest BCUT2D eigenvalue weighted by molar-refractivity contribution is 7.90. The second kappa shape index (κ2) is 24.5. The van der Waals surface area contributed by atoms with Gasteiger partial charge in [0, 0.05) is 37.3 Å². The molecule has 0 unspecified atom stereocenters. The molecular formula is C49H77N9O10S. The Kier molecular flexibility index (Phi) is 21.0. The van der Waals surface area contributed by atoms with Crippen LogP contribution in [0.1, 0.15) is 108 Å². The van der Waals surface area contributed by atoms with Crippen LogP contribution in [0.3, 0.4) is 0 Å². The normalized spacial score (nSPS) is 14.6. The third-order valence-electron chi connectivity index (χ3n) is 11.5. The number of benzene rings is 2. The Balaban J connectivity index is 2.36. The van der Waals surface area contributed by atoms with Gasteiger partial charge in [0.2, 0.25) is 23.6 Å². The van der Waals surface area contributed by atoms with Crippen molar-refractivity contribution in [3.05, 3.63) is 71.8 Å². The van der Waals surface area contributed by atoms with Crippen LogP contribution in [0.15, 0.2) is 71.1 Å². The number of nitrogens with zero attached hydrogens (tertiary/aromatic N) is 2. The van der Waals surface area contributed by atoms with Crippen LogP contribution < -0.4 is 37.5 Å². The van der Waals surface area contributed by atoms with Crippen LogP contribution in [0.4, 0.5) is 15.3 Å². The number of sulfonamides is 1. The molecule has 0 bridgehead atoms. The molecule has 0 fully saturated rings. The van der Waals surface area contributed by atoms with E-state index in [-0.39, 0.29) is 47.4 Å². The lowest BCUT2D eigenvalue weighted by atomic mass is 9.76. The summed E-state index contributed by atoms with van der Waals surface area (Å²) in [4.78, 5) is 95.7. The van der Waals surface area contributed by atoms with Gasteiger partial charge < -0.3 is 42.4 Å². The fourth-order valence-electron chi connectivity index (χ4n) is 7.32. The Bertz CT molecular complexity index is 2270. The van der Waals surface area contributed by atoms with E-state index < -0.39 is 98.3 Å². The summed E-state index contributed by atoms with van der Waals surface area (Å²) in [5.41, 5.74) is 9.36. The summed E-state index contributed by atoms with van der Waals surface area (Å²) in [6.07, 6.45) is 1.16. The van der Waals surface area contributed by atoms with E-state index in [0.29, 0.717) is 0 Å². The molecule has 19 nitrogen and oxygen atoms in total. The van der Waals surface area contributed by atoms with Crippen molar-refractivity contribution in [2.45, 2.75) is 149 Å². The van der Waals surface area contributed by atoms with Crippen molar-refractivity contribution in [3.8, 4) is 0 Å². The van der Waals surface area contributed by atoms with Crippen molar-refractivity contribution >= 4 is 57.4 Å². The van der Waals surface area contributed by atoms with Crippen molar-refractivity contribution in [3.63, 3.8) is 0 Å². The quantitative estimate of drug-likeness (QED) is 0.0675. The van der Waals surface area contributed by atoms with Gasteiger partial charge in [-0.2, -0.15) is 0 Å². The summed E-state index contributed by atoms with van der Waals surface area (Å²) in [7, 11) is -1.44. The molecule has 2 rings (SSSR count). The fraction of sp³-hybridized carbons (Fsp3) is 0.571. The Morgan fingerprint density at radius 1 is 0.768 bits per heavy atom. The van der Waals surface area contributed by atoms with Gasteiger partial charge in [-0.3, -0.25) is 28.9 Å². The predicted molar refractivity (Wildman–Crippen MR) is 266 cm³/mol. The molecule has 0 radical (unpaired) electrons. The first-order chi connectivity index (χ1) is 31.6. The molecule has 0 heterocycles. The molecule has 0 aliphatic rings. The van der Waals surface area contributed by atoms with Crippen molar-refractivity contribution in [2.75, 3.05) is 26.0 Å². The maximum absolute atomic E-state index is 14.6. The topological polar surface area (TPSA) is 282 Å². The van der Waals surface area contributed by atoms with Crippen LogP contribution in [0.5, 0.6) is 0 Å². The van der Waals surface area contributed by atoms with E-state index in [1.807, 2.05) is 58.0 Å². The highest BCUT2D eigenvalue weighted by Crippen LogP contribution is 2.32. The zero-order valence-electron chi connectivity index (χ0n) is 43.0. The smallest absolute Gasteiger partial charge is 0.410 e. The van der Waals surface area contributed by atoms with Gasteiger partial charge in [-0.15, -0.1) is 0 Å². The molecule has 5 atom stereocenters. The summed E-state index contributed by atoms with van der Waals surface area (Å²) in [5.74, 6) is -3.74. The molecule has 0 aliphatic carbocycles. The second-order valence-corrected chi connectivity index (χ2v) is 22.3. The average Bonchev–Trinajstić information content (AvgIpc) is 3.23. The number of nitrogens with two attached hydrogens (primary N) is 2. The van der Waals surface area contributed by atoms with Gasteiger partial charge in [0.15, 0.2) is 0 Å². The lowest BCUT2D eigenvalue weighted by molar-refractivity contribution is -0.141. The number of anilines is 1. The molecule has 69 heavy (non-hydrogen) atoms. The fourth-order valence-corrected chi connectivity index (χ4v) is 8.34. The molecule has 0 aromatic heterocycles. The Labute approximate surface area is 408 Å². The minimum atomic E-state index is -4.46. The molecular weight excluding hydrogens is 907 g/mol. The first kappa shape index (κ1) is 59.1. The maximum atomic E-state index is 14.6. The van der Waals surface area contributed by atoms with Crippen LogP contribution in [-0.4, -0.2) is 116 Å². The van der Waals surface area contributed by atoms with E-state index >= 15 is 0 Å². The van der Waals surface area contributed by atoms with E-state index in [4.69, 9.17) is 16.2 Å². The standard InChI is InChI=1S/C49H77N9O10S/c1-29(2)36(57(14)44(63)38(47(6,7)8)55-43(62)39(58(15)46(65)68-48(9,10)11)49(12,13)32-20-17-16-18-21-32)28-31(5)40(59)56-69(66,67)34-25-23-33(24-26-34)53-41(60)35(22-19-27-52-45(51)64)54-42(61)37(50)30(3)4/h16-18,20-21,23-26,28-30,35-39H,19,22,27,50H2,1-15H3,(H,53,60)(H,54,61)(H,55,62)(H,56,59)(H3,51,52,64)/b31-28+/t35-,36+,37-,38+,39+/m0/s1. The van der Waals surface area contributed by atoms with E-state index in [2.05, 4.69) is 26.0 Å². The van der Waals surface area contributed by atoms with Crippen LogP contribution in [0.2, 0.25) is 0 Å². The molecule has 2 aromatic carbocycles. The van der Waals surface area contributed by atoms with Gasteiger partial charge in [-0.1, -0.05) is 98.7 Å². The van der Waals surface area contributed by atoms with Gasteiger partial charge in [-0.05, 0) is 87.6 Å². The number of carbonyl (C=O) groups is 7. The first-order valence-corrected chi connectivity index (χ1v) is 24.4. The Hall–Kier alpha value is -6.02. The average molecular weight is 984 g/mol. The molecule has 8 amide bonds. The number of amides is 8. The Morgan fingerprint density at radius 2 is 1.33 bits per heavy atom. The van der Waals surface area contributed by atoms with Crippen LogP contribution in [0, 0.1) is 17.3 Å². The number of urea groups is 1. The van der Waals surface area contributed by atoms with Crippen molar-refractivity contribution < 1.29 is 46.7 Å². The number of likely N-dealkylation sites (N-methyl/N-ethyl adjacent to an activating group) is 2. The Morgan fingerprint density at radius 3 is 1.83 bits per heavy atom. The lowest BCUT2D eigenvalue weighted by Gasteiger charge is -2.42. The number of carbonyl (C=O) groups excluding carboxylic acids is 7. The third kappa shape index (κ3) is 17.5. The molecule has 0 spiro atoms. The minimum absolute atomic E-state index is 0.0166. The molecule has 20 heteroatoms. The molecule has 9 N–H and O–H groups in total. The van der Waals surface area contributed by atoms with Crippen molar-refractivity contribution in [2.24, 2.45) is 28.7 Å². The largest absolute Gasteiger partial charge is 0.444 e. The van der Waals surface area contributed by atoms with Crippen molar-refractivity contribution in [1.29, 1.82) is 0 Å². The van der Waals surface area contributed by atoms with Crippen molar-refractivity contribution in [1.82, 2.24) is 30.5 Å². The number of hydrogen-bond donors (Lipinski definition) is 7. The summed E-state index contributed by atoms with van der Waals surface area (Å²) in [6, 6.07) is 8.50. The number of primary amides is 1.